The van der Waals surface area contributed by atoms with Gasteiger partial charge in [0.05, 0.1) is 18.8 Å². The number of rotatable bonds is 6. The van der Waals surface area contributed by atoms with Gasteiger partial charge in [0.25, 0.3) is 0 Å². The molecule has 0 aromatic heterocycles. The summed E-state index contributed by atoms with van der Waals surface area (Å²) >= 11 is 0. The van der Waals surface area contributed by atoms with Crippen LogP contribution in [0.5, 0.6) is 5.75 Å². The van der Waals surface area contributed by atoms with E-state index >= 15 is 0 Å². The molecule has 0 heterocycles. The number of hydrogen-bond donors (Lipinski definition) is 1. The second-order valence-corrected chi connectivity index (χ2v) is 3.62. The van der Waals surface area contributed by atoms with Crippen LogP contribution in [-0.2, 0) is 9.47 Å². The molecule has 17 heavy (non-hydrogen) atoms. The van der Waals surface area contributed by atoms with E-state index < -0.39 is 6.29 Å². The lowest BCUT2D eigenvalue weighted by atomic mass is 10.2. The van der Waals surface area contributed by atoms with Crippen molar-refractivity contribution in [3.05, 3.63) is 24.0 Å². The standard InChI is InChI=1S/C12H18FNO3/c1-8(12(16-3)17-4)14-11-7-9(15-2)5-6-10(11)13/h5-8,12,14H,1-4H3. The number of methoxy groups -OCH3 is 3. The van der Waals surface area contributed by atoms with Crippen molar-refractivity contribution in [2.75, 3.05) is 26.6 Å². The molecule has 4 nitrogen and oxygen atoms in total. The Morgan fingerprint density at radius 2 is 1.82 bits per heavy atom. The summed E-state index contributed by atoms with van der Waals surface area (Å²) in [6, 6.07) is 4.32. The Morgan fingerprint density at radius 3 is 2.35 bits per heavy atom. The van der Waals surface area contributed by atoms with E-state index in [1.807, 2.05) is 6.92 Å². The second-order valence-electron chi connectivity index (χ2n) is 3.62. The van der Waals surface area contributed by atoms with Crippen LogP contribution in [0.1, 0.15) is 6.92 Å². The fourth-order valence-electron chi connectivity index (χ4n) is 1.56. The van der Waals surface area contributed by atoms with Crippen molar-refractivity contribution in [2.24, 2.45) is 0 Å². The van der Waals surface area contributed by atoms with Crippen molar-refractivity contribution >= 4 is 5.69 Å². The molecule has 0 bridgehead atoms. The fourth-order valence-corrected chi connectivity index (χ4v) is 1.56. The highest BCUT2D eigenvalue weighted by atomic mass is 19.1. The van der Waals surface area contributed by atoms with Crippen molar-refractivity contribution in [1.29, 1.82) is 0 Å². The van der Waals surface area contributed by atoms with E-state index in [0.717, 1.165) is 0 Å². The molecular weight excluding hydrogens is 225 g/mol. The van der Waals surface area contributed by atoms with Gasteiger partial charge in [-0.3, -0.25) is 0 Å². The first-order chi connectivity index (χ1) is 8.12. The van der Waals surface area contributed by atoms with Gasteiger partial charge in [-0.1, -0.05) is 0 Å². The minimum Gasteiger partial charge on any atom is -0.497 e. The van der Waals surface area contributed by atoms with E-state index in [-0.39, 0.29) is 11.9 Å². The predicted octanol–water partition coefficient (Wildman–Crippen LogP) is 2.25. The average Bonchev–Trinajstić information content (AvgIpc) is 2.33. The summed E-state index contributed by atoms with van der Waals surface area (Å²) in [4.78, 5) is 0. The zero-order valence-electron chi connectivity index (χ0n) is 10.5. The first kappa shape index (κ1) is 13.7. The summed E-state index contributed by atoms with van der Waals surface area (Å²) in [5.74, 6) is 0.246. The summed E-state index contributed by atoms with van der Waals surface area (Å²) in [6.45, 7) is 1.84. The molecule has 1 atom stereocenters. The summed E-state index contributed by atoms with van der Waals surface area (Å²) in [5, 5.41) is 2.98. The van der Waals surface area contributed by atoms with E-state index in [9.17, 15) is 4.39 Å². The minimum absolute atomic E-state index is 0.188. The lowest BCUT2D eigenvalue weighted by Gasteiger charge is -2.23. The van der Waals surface area contributed by atoms with Crippen molar-refractivity contribution in [3.8, 4) is 5.75 Å². The second kappa shape index (κ2) is 6.42. The lowest BCUT2D eigenvalue weighted by molar-refractivity contribution is -0.109. The Labute approximate surface area is 101 Å². The van der Waals surface area contributed by atoms with Gasteiger partial charge in [-0.05, 0) is 19.1 Å². The van der Waals surface area contributed by atoms with Crippen molar-refractivity contribution in [2.45, 2.75) is 19.3 Å². The van der Waals surface area contributed by atoms with E-state index in [1.54, 1.807) is 12.1 Å². The molecule has 0 amide bonds. The summed E-state index contributed by atoms with van der Waals surface area (Å²) < 4.78 is 28.8. The number of hydrogen-bond acceptors (Lipinski definition) is 4. The number of nitrogens with one attached hydrogen (secondary N) is 1. The maximum absolute atomic E-state index is 13.5. The molecule has 1 aromatic carbocycles. The molecule has 0 saturated heterocycles. The number of benzene rings is 1. The molecule has 1 N–H and O–H groups in total. The van der Waals surface area contributed by atoms with Crippen molar-refractivity contribution in [3.63, 3.8) is 0 Å². The average molecular weight is 243 g/mol. The van der Waals surface area contributed by atoms with Crippen molar-refractivity contribution in [1.82, 2.24) is 0 Å². The van der Waals surface area contributed by atoms with Crippen LogP contribution in [0.25, 0.3) is 0 Å². The summed E-state index contributed by atoms with van der Waals surface area (Å²) in [7, 11) is 4.61. The highest BCUT2D eigenvalue weighted by Crippen LogP contribution is 2.22. The lowest BCUT2D eigenvalue weighted by Crippen LogP contribution is -2.34. The zero-order chi connectivity index (χ0) is 12.8. The van der Waals surface area contributed by atoms with Gasteiger partial charge >= 0.3 is 0 Å². The number of anilines is 1. The SMILES string of the molecule is COc1ccc(F)c(NC(C)C(OC)OC)c1. The zero-order valence-corrected chi connectivity index (χ0v) is 10.5. The van der Waals surface area contributed by atoms with Crippen LogP contribution in [-0.4, -0.2) is 33.7 Å². The van der Waals surface area contributed by atoms with Crippen LogP contribution in [0, 0.1) is 5.82 Å². The molecule has 0 fully saturated rings. The van der Waals surface area contributed by atoms with Crippen LogP contribution in [0.3, 0.4) is 0 Å². The van der Waals surface area contributed by atoms with Crippen LogP contribution in [0.4, 0.5) is 10.1 Å². The van der Waals surface area contributed by atoms with Crippen LogP contribution < -0.4 is 10.1 Å². The Kier molecular flexibility index (Phi) is 5.18. The van der Waals surface area contributed by atoms with Gasteiger partial charge in [0.1, 0.15) is 11.6 Å². The molecule has 96 valence electrons. The van der Waals surface area contributed by atoms with Crippen LogP contribution in [0.2, 0.25) is 0 Å². The molecule has 0 aliphatic carbocycles. The fraction of sp³-hybridized carbons (Fsp3) is 0.500. The molecule has 1 aromatic rings. The van der Waals surface area contributed by atoms with E-state index in [0.29, 0.717) is 11.4 Å². The monoisotopic (exact) mass is 243 g/mol. The first-order valence-electron chi connectivity index (χ1n) is 5.28. The topological polar surface area (TPSA) is 39.7 Å². The van der Waals surface area contributed by atoms with Gasteiger partial charge in [0.15, 0.2) is 6.29 Å². The third-order valence-electron chi connectivity index (χ3n) is 2.43. The highest BCUT2D eigenvalue weighted by molar-refractivity contribution is 5.50. The molecular formula is C12H18FNO3. The molecule has 0 aliphatic rings. The molecule has 0 saturated carbocycles. The molecule has 5 heteroatoms. The van der Waals surface area contributed by atoms with Crippen LogP contribution in [0.15, 0.2) is 18.2 Å². The maximum atomic E-state index is 13.5. The Bertz CT molecular complexity index is 356. The van der Waals surface area contributed by atoms with E-state index in [4.69, 9.17) is 14.2 Å². The third-order valence-corrected chi connectivity index (χ3v) is 2.43. The Balaban J connectivity index is 2.79. The van der Waals surface area contributed by atoms with E-state index in [1.165, 1.54) is 27.4 Å². The number of ether oxygens (including phenoxy) is 3. The summed E-state index contributed by atoms with van der Waals surface area (Å²) in [6.07, 6.45) is -0.444. The van der Waals surface area contributed by atoms with Crippen molar-refractivity contribution < 1.29 is 18.6 Å². The van der Waals surface area contributed by atoms with Gasteiger partial charge in [0.2, 0.25) is 0 Å². The molecule has 0 radical (unpaired) electrons. The van der Waals surface area contributed by atoms with E-state index in [2.05, 4.69) is 5.32 Å². The molecule has 0 aliphatic heterocycles. The predicted molar refractivity (Wildman–Crippen MR) is 63.8 cm³/mol. The normalized spacial score (nSPS) is 12.6. The maximum Gasteiger partial charge on any atom is 0.176 e. The molecule has 0 spiro atoms. The molecule has 1 rings (SSSR count). The van der Waals surface area contributed by atoms with Gasteiger partial charge < -0.3 is 19.5 Å². The number of halogens is 1. The smallest absolute Gasteiger partial charge is 0.176 e. The summed E-state index contributed by atoms with van der Waals surface area (Å²) in [5.41, 5.74) is 0.357. The minimum atomic E-state index is -0.444. The van der Waals surface area contributed by atoms with Crippen LogP contribution >= 0.6 is 0 Å². The van der Waals surface area contributed by atoms with Gasteiger partial charge in [-0.15, -0.1) is 0 Å². The Hall–Kier alpha value is -1.33. The largest absolute Gasteiger partial charge is 0.497 e. The van der Waals surface area contributed by atoms with Gasteiger partial charge in [0, 0.05) is 20.3 Å². The van der Waals surface area contributed by atoms with Gasteiger partial charge in [-0.25, -0.2) is 4.39 Å². The van der Waals surface area contributed by atoms with Gasteiger partial charge in [-0.2, -0.15) is 0 Å². The first-order valence-corrected chi connectivity index (χ1v) is 5.28. The third kappa shape index (κ3) is 3.57. The quantitative estimate of drug-likeness (QED) is 0.778. The molecule has 1 unspecified atom stereocenters. The Morgan fingerprint density at radius 1 is 1.18 bits per heavy atom. The highest BCUT2D eigenvalue weighted by Gasteiger charge is 2.17.